The number of unbranched alkanes of at least 4 members (excludes halogenated alkanes) is 3. The van der Waals surface area contributed by atoms with Gasteiger partial charge in [0.15, 0.2) is 0 Å². The van der Waals surface area contributed by atoms with Crippen molar-refractivity contribution in [2.24, 2.45) is 0 Å². The molecule has 0 heterocycles. The lowest BCUT2D eigenvalue weighted by Gasteiger charge is -2.19. The summed E-state index contributed by atoms with van der Waals surface area (Å²) in [6.07, 6.45) is 2.63. The zero-order chi connectivity index (χ0) is 27.1. The number of hydrogen-bond donors (Lipinski definition) is 3. The van der Waals surface area contributed by atoms with Crippen molar-refractivity contribution in [1.29, 1.82) is 0 Å². The van der Waals surface area contributed by atoms with Crippen LogP contribution in [0.1, 0.15) is 57.6 Å². The molecule has 202 valence electrons. The van der Waals surface area contributed by atoms with Gasteiger partial charge in [-0.15, -0.1) is 0 Å². The zero-order valence-corrected chi connectivity index (χ0v) is 21.8. The maximum atomic E-state index is 12.0. The van der Waals surface area contributed by atoms with Crippen molar-refractivity contribution in [3.8, 4) is 5.75 Å². The second kappa shape index (κ2) is 15.4. The number of hydrogen-bond acceptors (Lipinski definition) is 6. The van der Waals surface area contributed by atoms with Crippen LogP contribution in [0.4, 0.5) is 9.59 Å². The average Bonchev–Trinajstić information content (AvgIpc) is 2.84. The molecule has 0 aliphatic heterocycles. The van der Waals surface area contributed by atoms with Crippen molar-refractivity contribution >= 4 is 18.2 Å². The van der Waals surface area contributed by atoms with Crippen LogP contribution in [0.25, 0.3) is 0 Å². The molecule has 9 nitrogen and oxygen atoms in total. The summed E-state index contributed by atoms with van der Waals surface area (Å²) in [6.45, 7) is 6.69. The summed E-state index contributed by atoms with van der Waals surface area (Å²) in [5, 5.41) is 14.6. The molecule has 2 amide bonds. The first-order valence-corrected chi connectivity index (χ1v) is 12.5. The highest BCUT2D eigenvalue weighted by atomic mass is 16.6. The summed E-state index contributed by atoms with van der Waals surface area (Å²) < 4.78 is 16.1. The first kappa shape index (κ1) is 29.5. The summed E-state index contributed by atoms with van der Waals surface area (Å²) in [7, 11) is 0. The predicted molar refractivity (Wildman–Crippen MR) is 140 cm³/mol. The van der Waals surface area contributed by atoms with Gasteiger partial charge in [0.25, 0.3) is 0 Å². The molecule has 0 aromatic heterocycles. The Bertz CT molecular complexity index is 972. The molecule has 2 rings (SSSR count). The van der Waals surface area contributed by atoms with Gasteiger partial charge >= 0.3 is 18.2 Å². The molecule has 2 aromatic rings. The molecule has 1 atom stereocenters. The number of benzene rings is 2. The molecular formula is C28H38N2O7. The van der Waals surface area contributed by atoms with Crippen molar-refractivity contribution in [1.82, 2.24) is 10.6 Å². The Kier molecular flexibility index (Phi) is 12.3. The Morgan fingerprint density at radius 3 is 2.19 bits per heavy atom. The van der Waals surface area contributed by atoms with Gasteiger partial charge in [0.2, 0.25) is 0 Å². The highest BCUT2D eigenvalue weighted by molar-refractivity contribution is 5.80. The normalized spacial score (nSPS) is 11.8. The van der Waals surface area contributed by atoms with Gasteiger partial charge in [-0.1, -0.05) is 55.3 Å². The topological polar surface area (TPSA) is 123 Å². The lowest BCUT2D eigenvalue weighted by atomic mass is 10.1. The van der Waals surface area contributed by atoms with E-state index in [1.54, 1.807) is 24.3 Å². The number of ether oxygens (including phenoxy) is 3. The highest BCUT2D eigenvalue weighted by Gasteiger charge is 2.21. The quantitative estimate of drug-likeness (QED) is 0.301. The monoisotopic (exact) mass is 514 g/mol. The molecule has 0 fully saturated rings. The van der Waals surface area contributed by atoms with Crippen LogP contribution >= 0.6 is 0 Å². The van der Waals surface area contributed by atoms with E-state index in [2.05, 4.69) is 10.6 Å². The molecule has 0 saturated carbocycles. The predicted octanol–water partition coefficient (Wildman–Crippen LogP) is 5.07. The summed E-state index contributed by atoms with van der Waals surface area (Å²) in [5.41, 5.74) is 1.07. The Labute approximate surface area is 218 Å². The van der Waals surface area contributed by atoms with Gasteiger partial charge in [-0.2, -0.15) is 0 Å². The van der Waals surface area contributed by atoms with Crippen LogP contribution in [0, 0.1) is 0 Å². The van der Waals surface area contributed by atoms with Crippen LogP contribution < -0.4 is 15.4 Å². The molecule has 0 spiro atoms. The minimum Gasteiger partial charge on any atom is -0.494 e. The molecule has 37 heavy (non-hydrogen) atoms. The number of amides is 2. The number of carbonyl (C=O) groups is 3. The van der Waals surface area contributed by atoms with Crippen molar-refractivity contribution in [2.75, 3.05) is 13.2 Å². The van der Waals surface area contributed by atoms with Gasteiger partial charge in [-0.05, 0) is 56.9 Å². The standard InChI is InChI=1S/C28H38N2O7/c1-28(2,3)37-26(33)29-17-9-4-5-10-18-35-23-15-13-21(14-16-23)19-24(25(31)32)30-27(34)36-20-22-11-7-6-8-12-22/h6-8,11-16,24H,4-5,9-10,17-20H2,1-3H3,(H,29,33)(H,30,34)(H,31,32). The fraction of sp³-hybridized carbons (Fsp3) is 0.464. The molecule has 9 heteroatoms. The van der Waals surface area contributed by atoms with Crippen molar-refractivity contribution < 1.29 is 33.7 Å². The number of carboxylic acid groups (broad SMARTS) is 1. The van der Waals surface area contributed by atoms with Gasteiger partial charge in [-0.25, -0.2) is 14.4 Å². The van der Waals surface area contributed by atoms with E-state index in [1.807, 2.05) is 51.1 Å². The van der Waals surface area contributed by atoms with E-state index >= 15 is 0 Å². The van der Waals surface area contributed by atoms with E-state index in [1.165, 1.54) is 0 Å². The van der Waals surface area contributed by atoms with Gasteiger partial charge in [0, 0.05) is 13.0 Å². The van der Waals surface area contributed by atoms with Gasteiger partial charge in [0.05, 0.1) is 6.61 Å². The summed E-state index contributed by atoms with van der Waals surface area (Å²) in [5.74, 6) is -0.448. The first-order chi connectivity index (χ1) is 17.6. The highest BCUT2D eigenvalue weighted by Crippen LogP contribution is 2.15. The number of alkyl carbamates (subject to hydrolysis) is 2. The lowest BCUT2D eigenvalue weighted by molar-refractivity contribution is -0.139. The molecule has 0 saturated heterocycles. The summed E-state index contributed by atoms with van der Waals surface area (Å²) in [6, 6.07) is 15.2. The summed E-state index contributed by atoms with van der Waals surface area (Å²) in [4.78, 5) is 35.2. The smallest absolute Gasteiger partial charge is 0.408 e. The lowest BCUT2D eigenvalue weighted by Crippen LogP contribution is -2.42. The third-order valence-corrected chi connectivity index (χ3v) is 5.17. The van der Waals surface area contributed by atoms with Crippen molar-refractivity contribution in [2.45, 2.75) is 71.1 Å². The molecule has 0 aliphatic rings. The number of nitrogens with one attached hydrogen (secondary N) is 2. The minimum absolute atomic E-state index is 0.0635. The Hall–Kier alpha value is -3.75. The van der Waals surface area contributed by atoms with Crippen molar-refractivity contribution in [3.05, 3.63) is 65.7 Å². The van der Waals surface area contributed by atoms with Crippen LogP contribution in [-0.4, -0.2) is 48.1 Å². The van der Waals surface area contributed by atoms with E-state index in [9.17, 15) is 19.5 Å². The number of carbonyl (C=O) groups excluding carboxylic acids is 2. The summed E-state index contributed by atoms with van der Waals surface area (Å²) >= 11 is 0. The second-order valence-corrected chi connectivity index (χ2v) is 9.64. The molecule has 0 aliphatic carbocycles. The van der Waals surface area contributed by atoms with Crippen LogP contribution in [0.3, 0.4) is 0 Å². The van der Waals surface area contributed by atoms with Gasteiger partial charge < -0.3 is 30.0 Å². The molecule has 0 radical (unpaired) electrons. The molecular weight excluding hydrogens is 476 g/mol. The van der Waals surface area contributed by atoms with Crippen LogP contribution in [0.2, 0.25) is 0 Å². The van der Waals surface area contributed by atoms with Crippen LogP contribution in [0.5, 0.6) is 5.75 Å². The number of aliphatic carboxylic acids is 1. The van der Waals surface area contributed by atoms with Gasteiger partial charge in [0.1, 0.15) is 24.0 Å². The molecule has 3 N–H and O–H groups in total. The maximum absolute atomic E-state index is 12.0. The van der Waals surface area contributed by atoms with E-state index < -0.39 is 29.8 Å². The SMILES string of the molecule is CC(C)(C)OC(=O)NCCCCCCOc1ccc(CC(NC(=O)OCc2ccccc2)C(=O)O)cc1. The van der Waals surface area contributed by atoms with E-state index in [0.29, 0.717) is 18.9 Å². The largest absolute Gasteiger partial charge is 0.494 e. The molecule has 2 aromatic carbocycles. The fourth-order valence-corrected chi connectivity index (χ4v) is 3.34. The third kappa shape index (κ3) is 13.2. The third-order valence-electron chi connectivity index (χ3n) is 5.17. The average molecular weight is 515 g/mol. The van der Waals surface area contributed by atoms with E-state index in [4.69, 9.17) is 14.2 Å². The van der Waals surface area contributed by atoms with Crippen molar-refractivity contribution in [3.63, 3.8) is 0 Å². The Morgan fingerprint density at radius 1 is 0.865 bits per heavy atom. The minimum atomic E-state index is -1.14. The molecule has 1 unspecified atom stereocenters. The van der Waals surface area contributed by atoms with Gasteiger partial charge in [-0.3, -0.25) is 0 Å². The number of rotatable bonds is 14. The fourth-order valence-electron chi connectivity index (χ4n) is 3.34. The van der Waals surface area contributed by atoms with E-state index in [-0.39, 0.29) is 13.0 Å². The zero-order valence-electron chi connectivity index (χ0n) is 21.8. The van der Waals surface area contributed by atoms with Crippen LogP contribution in [-0.2, 0) is 27.3 Å². The number of carboxylic acids is 1. The molecule has 0 bridgehead atoms. The maximum Gasteiger partial charge on any atom is 0.408 e. The van der Waals surface area contributed by atoms with E-state index in [0.717, 1.165) is 36.8 Å². The first-order valence-electron chi connectivity index (χ1n) is 12.5. The Balaban J connectivity index is 1.63. The van der Waals surface area contributed by atoms with Crippen LogP contribution in [0.15, 0.2) is 54.6 Å². The Morgan fingerprint density at radius 2 is 1.54 bits per heavy atom. The second-order valence-electron chi connectivity index (χ2n) is 9.64.